The largest absolute Gasteiger partial charge is 0.359 e. The number of nitrogens with one attached hydrogen (secondary N) is 1. The van der Waals surface area contributed by atoms with Gasteiger partial charge in [-0.15, -0.1) is 0 Å². The predicted molar refractivity (Wildman–Crippen MR) is 32.7 cm³/mol. The minimum atomic E-state index is -0.109. The molecule has 1 amide bonds. The molecule has 9 heavy (non-hydrogen) atoms. The minimum Gasteiger partial charge on any atom is -0.359 e. The highest BCUT2D eigenvalue weighted by Crippen LogP contribution is 1.79. The van der Waals surface area contributed by atoms with E-state index in [-0.39, 0.29) is 18.9 Å². The topological polar surface area (TPSA) is 77.9 Å². The number of azide groups is 1. The van der Waals surface area contributed by atoms with E-state index in [2.05, 4.69) is 15.3 Å². The van der Waals surface area contributed by atoms with Crippen LogP contribution in [0.3, 0.4) is 0 Å². The van der Waals surface area contributed by atoms with Crippen LogP contribution >= 0.6 is 0 Å². The van der Waals surface area contributed by atoms with Crippen LogP contribution in [0, 0.1) is 0 Å². The summed E-state index contributed by atoms with van der Waals surface area (Å²) in [6.45, 7) is 0.232. The molecule has 0 radical (unpaired) electrons. The molecule has 5 nitrogen and oxygen atoms in total. The van der Waals surface area contributed by atoms with Gasteiger partial charge in [-0.05, 0) is 5.53 Å². The molecule has 1 N–H and O–H groups in total. The first kappa shape index (κ1) is 7.78. The van der Waals surface area contributed by atoms with Crippen LogP contribution < -0.4 is 5.32 Å². The van der Waals surface area contributed by atoms with Crippen molar-refractivity contribution in [2.75, 3.05) is 13.6 Å². The van der Waals surface area contributed by atoms with E-state index in [9.17, 15) is 4.79 Å². The molecule has 0 saturated heterocycles. The molecule has 5 heteroatoms. The molecule has 0 aliphatic rings. The van der Waals surface area contributed by atoms with Crippen molar-refractivity contribution in [3.63, 3.8) is 0 Å². The minimum absolute atomic E-state index is 0.109. The van der Waals surface area contributed by atoms with E-state index in [1.165, 1.54) is 0 Å². The lowest BCUT2D eigenvalue weighted by molar-refractivity contribution is -0.120. The molecule has 0 heterocycles. The summed E-state index contributed by atoms with van der Waals surface area (Å²) in [6.07, 6.45) is 0.264. The zero-order valence-electron chi connectivity index (χ0n) is 5.16. The van der Waals surface area contributed by atoms with Crippen molar-refractivity contribution >= 4 is 5.91 Å². The number of hydrogen-bond donors (Lipinski definition) is 1. The molecule has 0 saturated carbocycles. The summed E-state index contributed by atoms with van der Waals surface area (Å²) >= 11 is 0. The molecule has 0 unspecified atom stereocenters. The Morgan fingerprint density at radius 2 is 2.56 bits per heavy atom. The first-order valence-electron chi connectivity index (χ1n) is 2.52. The van der Waals surface area contributed by atoms with Gasteiger partial charge in [0.2, 0.25) is 5.91 Å². The quantitative estimate of drug-likeness (QED) is 0.334. The number of carbonyl (C=O) groups is 1. The molecule has 0 bridgehead atoms. The van der Waals surface area contributed by atoms with Gasteiger partial charge in [-0.25, -0.2) is 0 Å². The number of rotatable bonds is 3. The lowest BCUT2D eigenvalue weighted by Gasteiger charge is -1.91. The first-order valence-corrected chi connectivity index (χ1v) is 2.52. The van der Waals surface area contributed by atoms with Crippen molar-refractivity contribution in [3.05, 3.63) is 10.4 Å². The van der Waals surface area contributed by atoms with E-state index in [0.717, 1.165) is 0 Å². The van der Waals surface area contributed by atoms with Gasteiger partial charge < -0.3 is 5.32 Å². The smallest absolute Gasteiger partial charge is 0.219 e. The van der Waals surface area contributed by atoms with Crippen LogP contribution in [0.4, 0.5) is 0 Å². The zero-order chi connectivity index (χ0) is 7.11. The van der Waals surface area contributed by atoms with Gasteiger partial charge in [-0.1, -0.05) is 5.11 Å². The van der Waals surface area contributed by atoms with Crippen LogP contribution in [0.15, 0.2) is 5.11 Å². The maximum absolute atomic E-state index is 10.4. The average molecular weight is 128 g/mol. The fraction of sp³-hybridized carbons (Fsp3) is 0.750. The molecule has 0 aliphatic heterocycles. The van der Waals surface area contributed by atoms with Crippen LogP contribution in [0.2, 0.25) is 0 Å². The number of nitrogens with zero attached hydrogens (tertiary/aromatic N) is 3. The molecular weight excluding hydrogens is 120 g/mol. The Morgan fingerprint density at radius 1 is 1.89 bits per heavy atom. The monoisotopic (exact) mass is 128 g/mol. The van der Waals surface area contributed by atoms with E-state index >= 15 is 0 Å². The maximum Gasteiger partial charge on any atom is 0.219 e. The summed E-state index contributed by atoms with van der Waals surface area (Å²) in [4.78, 5) is 12.9. The average Bonchev–Trinajstić information content (AvgIpc) is 1.89. The summed E-state index contributed by atoms with van der Waals surface area (Å²) < 4.78 is 0. The fourth-order valence-electron chi connectivity index (χ4n) is 0.321. The van der Waals surface area contributed by atoms with Crippen LogP contribution in [-0.4, -0.2) is 19.5 Å². The Kier molecular flexibility index (Phi) is 4.26. The highest BCUT2D eigenvalue weighted by Gasteiger charge is 1.92. The third-order valence-corrected chi connectivity index (χ3v) is 0.781. The van der Waals surface area contributed by atoms with Crippen molar-refractivity contribution in [2.24, 2.45) is 5.11 Å². The Labute approximate surface area is 52.7 Å². The van der Waals surface area contributed by atoms with Crippen molar-refractivity contribution in [1.29, 1.82) is 0 Å². The van der Waals surface area contributed by atoms with Crippen LogP contribution in [0.5, 0.6) is 0 Å². The second kappa shape index (κ2) is 4.93. The van der Waals surface area contributed by atoms with E-state index in [4.69, 9.17) is 5.53 Å². The van der Waals surface area contributed by atoms with Gasteiger partial charge in [0.1, 0.15) is 0 Å². The van der Waals surface area contributed by atoms with Crippen LogP contribution in [0.25, 0.3) is 10.4 Å². The van der Waals surface area contributed by atoms with Gasteiger partial charge in [0.05, 0.1) is 0 Å². The van der Waals surface area contributed by atoms with Crippen molar-refractivity contribution in [1.82, 2.24) is 5.32 Å². The van der Waals surface area contributed by atoms with Gasteiger partial charge in [-0.2, -0.15) is 0 Å². The van der Waals surface area contributed by atoms with Crippen LogP contribution in [0.1, 0.15) is 6.42 Å². The summed E-state index contributed by atoms with van der Waals surface area (Å²) in [5.41, 5.74) is 7.78. The molecule has 0 aromatic rings. The van der Waals surface area contributed by atoms with Gasteiger partial charge >= 0.3 is 0 Å². The summed E-state index contributed by atoms with van der Waals surface area (Å²) in [7, 11) is 1.54. The second-order valence-electron chi connectivity index (χ2n) is 1.38. The number of hydrogen-bond acceptors (Lipinski definition) is 2. The summed E-state index contributed by atoms with van der Waals surface area (Å²) in [5.74, 6) is -0.109. The molecule has 0 aliphatic carbocycles. The molecule has 0 aromatic carbocycles. The number of carbonyl (C=O) groups excluding carboxylic acids is 1. The number of amides is 1. The second-order valence-corrected chi connectivity index (χ2v) is 1.38. The van der Waals surface area contributed by atoms with E-state index in [0.29, 0.717) is 0 Å². The predicted octanol–water partition coefficient (Wildman–Crippen LogP) is 0.433. The lowest BCUT2D eigenvalue weighted by Crippen LogP contribution is -2.17. The normalized spacial score (nSPS) is 7.67. The lowest BCUT2D eigenvalue weighted by atomic mass is 10.4. The summed E-state index contributed by atoms with van der Waals surface area (Å²) in [5, 5.41) is 5.58. The molecule has 50 valence electrons. The van der Waals surface area contributed by atoms with E-state index in [1.54, 1.807) is 7.05 Å². The van der Waals surface area contributed by atoms with Gasteiger partial charge in [0.25, 0.3) is 0 Å². The van der Waals surface area contributed by atoms with Crippen molar-refractivity contribution in [2.45, 2.75) is 6.42 Å². The molecule has 0 aromatic heterocycles. The Morgan fingerprint density at radius 3 is 3.00 bits per heavy atom. The standard InChI is InChI=1S/C4H8N4O/c1-6-4(9)2-3-7-8-5/h2-3H2,1H3,(H,6,9). The summed E-state index contributed by atoms with van der Waals surface area (Å²) in [6, 6.07) is 0. The molecular formula is C4H8N4O. The maximum atomic E-state index is 10.4. The Bertz CT molecular complexity index is 138. The first-order chi connectivity index (χ1) is 4.31. The third-order valence-electron chi connectivity index (χ3n) is 0.781. The molecule has 0 spiro atoms. The van der Waals surface area contributed by atoms with E-state index < -0.39 is 0 Å². The van der Waals surface area contributed by atoms with Gasteiger partial charge in [-0.3, -0.25) is 4.79 Å². The Hall–Kier alpha value is -1.22. The molecule has 0 fully saturated rings. The van der Waals surface area contributed by atoms with Gasteiger partial charge in [0, 0.05) is 24.9 Å². The van der Waals surface area contributed by atoms with Crippen molar-refractivity contribution in [3.8, 4) is 0 Å². The molecule has 0 rings (SSSR count). The fourth-order valence-corrected chi connectivity index (χ4v) is 0.321. The van der Waals surface area contributed by atoms with Crippen molar-refractivity contribution < 1.29 is 4.79 Å². The highest BCUT2D eigenvalue weighted by atomic mass is 16.1. The third kappa shape index (κ3) is 4.64. The zero-order valence-corrected chi connectivity index (χ0v) is 5.16. The highest BCUT2D eigenvalue weighted by molar-refractivity contribution is 5.75. The van der Waals surface area contributed by atoms with E-state index in [1.807, 2.05) is 0 Å². The van der Waals surface area contributed by atoms with Crippen LogP contribution in [-0.2, 0) is 4.79 Å². The SMILES string of the molecule is CNC(=O)CCN=[N+]=[N-]. The van der Waals surface area contributed by atoms with Gasteiger partial charge in [0.15, 0.2) is 0 Å². The molecule has 0 atom stereocenters. The Balaban J connectivity index is 3.27.